The normalized spacial score (nSPS) is 11.4. The molecule has 0 fully saturated rings. The van der Waals surface area contributed by atoms with Gasteiger partial charge in [-0.1, -0.05) is 0 Å². The van der Waals surface area contributed by atoms with Gasteiger partial charge >= 0.3 is 6.18 Å². The molecule has 0 atom stereocenters. The fourth-order valence-corrected chi connectivity index (χ4v) is 2.72. The second kappa shape index (κ2) is 6.79. The number of alkyl halides is 3. The van der Waals surface area contributed by atoms with Gasteiger partial charge in [-0.3, -0.25) is 15.1 Å². The number of rotatable bonds is 3. The molecule has 0 radical (unpaired) electrons. The summed E-state index contributed by atoms with van der Waals surface area (Å²) in [6.45, 7) is 0. The van der Waals surface area contributed by atoms with Crippen LogP contribution in [0.15, 0.2) is 41.9 Å². The van der Waals surface area contributed by atoms with Crippen LogP contribution >= 0.6 is 11.3 Å². The zero-order valence-corrected chi connectivity index (χ0v) is 13.5. The molecule has 1 N–H and O–H groups in total. The highest BCUT2D eigenvalue weighted by molar-refractivity contribution is 7.14. The summed E-state index contributed by atoms with van der Waals surface area (Å²) < 4.78 is 64.4. The molecule has 0 aliphatic rings. The van der Waals surface area contributed by atoms with Crippen LogP contribution in [0.5, 0.6) is 0 Å². The molecule has 3 aromatic rings. The molecule has 0 aliphatic heterocycles. The van der Waals surface area contributed by atoms with E-state index >= 15 is 0 Å². The Morgan fingerprint density at radius 3 is 2.54 bits per heavy atom. The van der Waals surface area contributed by atoms with E-state index in [2.05, 4.69) is 15.3 Å². The number of thiazole rings is 1. The van der Waals surface area contributed by atoms with E-state index in [1.807, 2.05) is 0 Å². The first-order valence-corrected chi connectivity index (χ1v) is 7.87. The second-order valence-corrected chi connectivity index (χ2v) is 5.90. The van der Waals surface area contributed by atoms with E-state index in [1.165, 1.54) is 5.38 Å². The Morgan fingerprint density at radius 1 is 1.12 bits per heavy atom. The van der Waals surface area contributed by atoms with Gasteiger partial charge in [-0.05, 0) is 30.3 Å². The van der Waals surface area contributed by atoms with Crippen LogP contribution in [0, 0.1) is 11.6 Å². The number of anilines is 1. The summed E-state index contributed by atoms with van der Waals surface area (Å²) in [7, 11) is 0. The van der Waals surface area contributed by atoms with Crippen molar-refractivity contribution in [3.8, 4) is 11.3 Å². The molecule has 0 saturated carbocycles. The number of hydrogen-bond acceptors (Lipinski definition) is 4. The molecule has 4 nitrogen and oxygen atoms in total. The summed E-state index contributed by atoms with van der Waals surface area (Å²) in [4.78, 5) is 19.2. The lowest BCUT2D eigenvalue weighted by atomic mass is 10.1. The van der Waals surface area contributed by atoms with Crippen molar-refractivity contribution in [3.63, 3.8) is 0 Å². The lowest BCUT2D eigenvalue weighted by molar-refractivity contribution is -0.141. The quantitative estimate of drug-likeness (QED) is 0.662. The molecule has 1 aromatic carbocycles. The molecule has 1 amide bonds. The van der Waals surface area contributed by atoms with Gasteiger partial charge in [0.25, 0.3) is 5.91 Å². The van der Waals surface area contributed by atoms with E-state index in [0.717, 1.165) is 41.8 Å². The Labute approximate surface area is 147 Å². The third-order valence-electron chi connectivity index (χ3n) is 3.25. The molecule has 0 bridgehead atoms. The smallest absolute Gasteiger partial charge is 0.298 e. The van der Waals surface area contributed by atoms with Crippen molar-refractivity contribution >= 4 is 22.4 Å². The number of aromatic nitrogens is 2. The number of carbonyl (C=O) groups excluding carboxylic acids is 1. The molecule has 2 heterocycles. The number of halogens is 5. The summed E-state index contributed by atoms with van der Waals surface area (Å²) in [5.74, 6) is -2.05. The largest absolute Gasteiger partial charge is 0.433 e. The molecular formula is C16H8F5N3OS. The summed E-state index contributed by atoms with van der Waals surface area (Å²) in [5, 5.41) is 3.86. The van der Waals surface area contributed by atoms with Crippen molar-refractivity contribution in [2.45, 2.75) is 6.18 Å². The Kier molecular flexibility index (Phi) is 4.68. The minimum Gasteiger partial charge on any atom is -0.298 e. The number of pyridine rings is 1. The Balaban J connectivity index is 1.77. The number of hydrogen-bond donors (Lipinski definition) is 1. The number of carbonyl (C=O) groups is 1. The first kappa shape index (κ1) is 17.9. The van der Waals surface area contributed by atoms with E-state index in [4.69, 9.17) is 0 Å². The lowest BCUT2D eigenvalue weighted by Gasteiger charge is -2.06. The van der Waals surface area contributed by atoms with E-state index in [1.54, 1.807) is 0 Å². The van der Waals surface area contributed by atoms with Gasteiger partial charge in [0.1, 0.15) is 17.3 Å². The SMILES string of the molecule is O=C(Nc1nc(-c2cc(F)ccc2F)cs1)c1ccc(C(F)(F)F)nc1. The molecule has 2 aromatic heterocycles. The number of nitrogens with zero attached hydrogens (tertiary/aromatic N) is 2. The Hall–Kier alpha value is -2.88. The van der Waals surface area contributed by atoms with Crippen LogP contribution in [0.4, 0.5) is 27.1 Å². The van der Waals surface area contributed by atoms with Crippen LogP contribution < -0.4 is 5.32 Å². The van der Waals surface area contributed by atoms with Gasteiger partial charge in [0.2, 0.25) is 0 Å². The first-order chi connectivity index (χ1) is 12.2. The summed E-state index contributed by atoms with van der Waals surface area (Å²) >= 11 is 0.957. The predicted octanol–water partition coefficient (Wildman–Crippen LogP) is 4.75. The maximum atomic E-state index is 13.7. The average Bonchev–Trinajstić information content (AvgIpc) is 3.04. The van der Waals surface area contributed by atoms with Crippen molar-refractivity contribution < 1.29 is 26.7 Å². The van der Waals surface area contributed by atoms with E-state index in [9.17, 15) is 26.7 Å². The summed E-state index contributed by atoms with van der Waals surface area (Å²) in [6, 6.07) is 4.55. The summed E-state index contributed by atoms with van der Waals surface area (Å²) in [5.41, 5.74) is -1.18. The highest BCUT2D eigenvalue weighted by atomic mass is 32.1. The minimum absolute atomic E-state index is 0.0713. The zero-order valence-electron chi connectivity index (χ0n) is 12.6. The molecular weight excluding hydrogens is 377 g/mol. The van der Waals surface area contributed by atoms with Gasteiger partial charge < -0.3 is 0 Å². The Morgan fingerprint density at radius 2 is 1.88 bits per heavy atom. The van der Waals surface area contributed by atoms with Gasteiger partial charge in [-0.2, -0.15) is 13.2 Å². The number of nitrogens with one attached hydrogen (secondary N) is 1. The second-order valence-electron chi connectivity index (χ2n) is 5.05. The first-order valence-electron chi connectivity index (χ1n) is 6.99. The van der Waals surface area contributed by atoms with Crippen molar-refractivity contribution in [1.29, 1.82) is 0 Å². The van der Waals surface area contributed by atoms with Crippen LogP contribution in [-0.2, 0) is 6.18 Å². The van der Waals surface area contributed by atoms with E-state index < -0.39 is 29.4 Å². The van der Waals surface area contributed by atoms with Gasteiger partial charge in [0.15, 0.2) is 5.13 Å². The summed E-state index contributed by atoms with van der Waals surface area (Å²) in [6.07, 6.45) is -3.81. The van der Waals surface area contributed by atoms with Gasteiger partial charge in [-0.15, -0.1) is 11.3 Å². The highest BCUT2D eigenvalue weighted by Crippen LogP contribution is 2.29. The van der Waals surface area contributed by atoms with Crippen LogP contribution in [-0.4, -0.2) is 15.9 Å². The number of benzene rings is 1. The van der Waals surface area contributed by atoms with Gasteiger partial charge in [0.05, 0.1) is 11.3 Å². The maximum absolute atomic E-state index is 13.7. The van der Waals surface area contributed by atoms with Gasteiger partial charge in [0, 0.05) is 17.1 Å². The Bertz CT molecular complexity index is 953. The van der Waals surface area contributed by atoms with Crippen molar-refractivity contribution in [2.75, 3.05) is 5.32 Å². The van der Waals surface area contributed by atoms with Crippen LogP contribution in [0.1, 0.15) is 16.1 Å². The fraction of sp³-hybridized carbons (Fsp3) is 0.0625. The lowest BCUT2D eigenvalue weighted by Crippen LogP contribution is -2.14. The predicted molar refractivity (Wildman–Crippen MR) is 84.7 cm³/mol. The molecule has 134 valence electrons. The molecule has 0 saturated heterocycles. The zero-order chi connectivity index (χ0) is 18.9. The van der Waals surface area contributed by atoms with E-state index in [0.29, 0.717) is 6.07 Å². The number of amides is 1. The monoisotopic (exact) mass is 385 g/mol. The van der Waals surface area contributed by atoms with Crippen LogP contribution in [0.25, 0.3) is 11.3 Å². The van der Waals surface area contributed by atoms with Crippen LogP contribution in [0.3, 0.4) is 0 Å². The van der Waals surface area contributed by atoms with Crippen molar-refractivity contribution in [2.24, 2.45) is 0 Å². The van der Waals surface area contributed by atoms with Crippen LogP contribution in [0.2, 0.25) is 0 Å². The topological polar surface area (TPSA) is 54.9 Å². The molecule has 3 rings (SSSR count). The maximum Gasteiger partial charge on any atom is 0.433 e. The minimum atomic E-state index is -4.60. The van der Waals surface area contributed by atoms with Crippen molar-refractivity contribution in [1.82, 2.24) is 9.97 Å². The molecule has 0 aliphatic carbocycles. The molecule has 10 heteroatoms. The van der Waals surface area contributed by atoms with Crippen molar-refractivity contribution in [3.05, 3.63) is 64.8 Å². The highest BCUT2D eigenvalue weighted by Gasteiger charge is 2.32. The standard InChI is InChI=1S/C16H8F5N3OS/c17-9-2-3-11(18)10(5-9)12-7-26-15(23-12)24-14(25)8-1-4-13(22-6-8)16(19,20)21/h1-7H,(H,23,24,25). The molecule has 0 unspecified atom stereocenters. The third-order valence-corrected chi connectivity index (χ3v) is 4.00. The molecule has 26 heavy (non-hydrogen) atoms. The molecule has 0 spiro atoms. The average molecular weight is 385 g/mol. The van der Waals surface area contributed by atoms with Gasteiger partial charge in [-0.25, -0.2) is 13.8 Å². The fourth-order valence-electron chi connectivity index (χ4n) is 2.01. The van der Waals surface area contributed by atoms with E-state index in [-0.39, 0.29) is 22.0 Å². The third kappa shape index (κ3) is 3.85.